The number of carboxylic acid groups (broad SMARTS) is 1. The summed E-state index contributed by atoms with van der Waals surface area (Å²) in [6.07, 6.45) is 0. The summed E-state index contributed by atoms with van der Waals surface area (Å²) < 4.78 is 1.29. The number of nitrogens with zero attached hydrogens (tertiary/aromatic N) is 3. The van der Waals surface area contributed by atoms with Crippen LogP contribution >= 0.6 is 15.9 Å². The van der Waals surface area contributed by atoms with Gasteiger partial charge in [-0.1, -0.05) is 0 Å². The summed E-state index contributed by atoms with van der Waals surface area (Å²) in [7, 11) is 0. The van der Waals surface area contributed by atoms with Crippen molar-refractivity contribution in [2.75, 3.05) is 5.73 Å². The van der Waals surface area contributed by atoms with E-state index in [2.05, 4.69) is 26.0 Å². The number of halogens is 1. The lowest BCUT2D eigenvalue weighted by Crippen LogP contribution is -2.28. The van der Waals surface area contributed by atoms with E-state index in [1.165, 1.54) is 0 Å². The number of anilines is 1. The predicted octanol–water partition coefficient (Wildman–Crippen LogP) is -1.63. The zero-order valence-corrected chi connectivity index (χ0v) is 6.91. The van der Waals surface area contributed by atoms with Gasteiger partial charge < -0.3 is 15.6 Å². The molecule has 0 atom stereocenters. The smallest absolute Gasteiger partial charge is 0.219 e. The monoisotopic (exact) mass is 219 g/mol. The van der Waals surface area contributed by atoms with E-state index < -0.39 is 5.97 Å². The first kappa shape index (κ1) is 7.99. The lowest BCUT2D eigenvalue weighted by atomic mass is 10.7. The van der Waals surface area contributed by atoms with Gasteiger partial charge in [0.2, 0.25) is 10.7 Å². The van der Waals surface area contributed by atoms with Crippen LogP contribution in [-0.2, 0) is 11.3 Å². The molecule has 0 fully saturated rings. The van der Waals surface area contributed by atoms with Gasteiger partial charge in [-0.25, -0.2) is 4.68 Å². The first-order valence-corrected chi connectivity index (χ1v) is 3.44. The molecule has 0 saturated heterocycles. The molecule has 0 aliphatic rings. The van der Waals surface area contributed by atoms with Gasteiger partial charge >= 0.3 is 0 Å². The number of nitrogen functional groups attached to an aromatic ring is 1. The van der Waals surface area contributed by atoms with Gasteiger partial charge in [0, 0.05) is 0 Å². The molecule has 2 N–H and O–H groups in total. The zero-order chi connectivity index (χ0) is 8.43. The Kier molecular flexibility index (Phi) is 2.08. The van der Waals surface area contributed by atoms with E-state index in [-0.39, 0.29) is 17.2 Å². The SMILES string of the molecule is Nc1nc(Br)nn1CC(=O)[O-]. The maximum absolute atomic E-state index is 10.1. The highest BCUT2D eigenvalue weighted by atomic mass is 79.9. The van der Waals surface area contributed by atoms with Crippen LogP contribution in [0.5, 0.6) is 0 Å². The molecule has 7 heteroatoms. The van der Waals surface area contributed by atoms with Crippen molar-refractivity contribution in [1.29, 1.82) is 0 Å². The molecule has 0 aliphatic heterocycles. The standard InChI is InChI=1S/C4H5BrN4O2/c5-3-7-4(6)9(8-3)1-2(10)11/h1H2,(H,10,11)(H2,6,7,8)/p-1. The van der Waals surface area contributed by atoms with Gasteiger partial charge in [-0.15, -0.1) is 5.10 Å². The summed E-state index contributed by atoms with van der Waals surface area (Å²) in [5.74, 6) is -1.21. The molecule has 0 spiro atoms. The molecule has 0 unspecified atom stereocenters. The summed E-state index contributed by atoms with van der Waals surface area (Å²) in [5, 5.41) is 13.7. The largest absolute Gasteiger partial charge is 0.548 e. The fourth-order valence-electron chi connectivity index (χ4n) is 0.564. The van der Waals surface area contributed by atoms with Crippen LogP contribution in [0, 0.1) is 0 Å². The van der Waals surface area contributed by atoms with Crippen LogP contribution in [0.3, 0.4) is 0 Å². The molecule has 0 aromatic carbocycles. The topological polar surface area (TPSA) is 96.9 Å². The van der Waals surface area contributed by atoms with Crippen molar-refractivity contribution in [1.82, 2.24) is 14.8 Å². The highest BCUT2D eigenvalue weighted by Crippen LogP contribution is 2.05. The van der Waals surface area contributed by atoms with Crippen molar-refractivity contribution in [3.8, 4) is 0 Å². The molecule has 1 rings (SSSR count). The fourth-order valence-corrected chi connectivity index (χ4v) is 0.937. The lowest BCUT2D eigenvalue weighted by molar-refractivity contribution is -0.306. The molecule has 11 heavy (non-hydrogen) atoms. The van der Waals surface area contributed by atoms with Crippen molar-refractivity contribution < 1.29 is 9.90 Å². The molecule has 0 saturated carbocycles. The van der Waals surface area contributed by atoms with Crippen LogP contribution in [0.4, 0.5) is 5.95 Å². The van der Waals surface area contributed by atoms with Gasteiger partial charge in [0.1, 0.15) is 0 Å². The van der Waals surface area contributed by atoms with Crippen LogP contribution < -0.4 is 10.8 Å². The first-order chi connectivity index (χ1) is 5.09. The molecule has 1 aromatic heterocycles. The van der Waals surface area contributed by atoms with Gasteiger partial charge in [-0.3, -0.25) is 0 Å². The third-order valence-corrected chi connectivity index (χ3v) is 1.29. The van der Waals surface area contributed by atoms with Crippen molar-refractivity contribution in [2.45, 2.75) is 6.54 Å². The summed E-state index contributed by atoms with van der Waals surface area (Å²) in [6.45, 7) is -0.384. The maximum atomic E-state index is 10.1. The van der Waals surface area contributed by atoms with Crippen LogP contribution in [0.25, 0.3) is 0 Å². The Morgan fingerprint density at radius 1 is 1.82 bits per heavy atom. The lowest BCUT2D eigenvalue weighted by Gasteiger charge is -2.01. The number of aliphatic carboxylic acids is 1. The van der Waals surface area contributed by atoms with E-state index in [4.69, 9.17) is 5.73 Å². The molecule has 0 aliphatic carbocycles. The van der Waals surface area contributed by atoms with E-state index in [0.29, 0.717) is 0 Å². The van der Waals surface area contributed by atoms with E-state index in [9.17, 15) is 9.90 Å². The minimum Gasteiger partial charge on any atom is -0.548 e. The Bertz CT molecular complexity index is 284. The molecule has 6 nitrogen and oxygen atoms in total. The van der Waals surface area contributed by atoms with E-state index in [1.54, 1.807) is 0 Å². The Balaban J connectivity index is 2.85. The molecular formula is C4H4BrN4O2-. The van der Waals surface area contributed by atoms with E-state index in [1.807, 2.05) is 0 Å². The minimum atomic E-state index is -1.26. The highest BCUT2D eigenvalue weighted by molar-refractivity contribution is 9.10. The summed E-state index contributed by atoms with van der Waals surface area (Å²) in [5.41, 5.74) is 5.26. The van der Waals surface area contributed by atoms with Gasteiger partial charge in [-0.05, 0) is 15.9 Å². The summed E-state index contributed by atoms with van der Waals surface area (Å²) in [6, 6.07) is 0. The van der Waals surface area contributed by atoms with Crippen molar-refractivity contribution in [3.63, 3.8) is 0 Å². The van der Waals surface area contributed by atoms with Crippen molar-refractivity contribution >= 4 is 27.8 Å². The number of hydrogen-bond acceptors (Lipinski definition) is 5. The Morgan fingerprint density at radius 3 is 2.82 bits per heavy atom. The second-order valence-electron chi connectivity index (χ2n) is 1.77. The number of nitrogens with two attached hydrogens (primary N) is 1. The summed E-state index contributed by atoms with van der Waals surface area (Å²) in [4.78, 5) is 13.7. The third-order valence-electron chi connectivity index (χ3n) is 0.953. The quantitative estimate of drug-likeness (QED) is 0.645. The Labute approximate surface area is 70.2 Å². The number of carbonyl (C=O) groups is 1. The van der Waals surface area contributed by atoms with Gasteiger partial charge in [-0.2, -0.15) is 4.98 Å². The van der Waals surface area contributed by atoms with Crippen LogP contribution in [0.1, 0.15) is 0 Å². The second-order valence-corrected chi connectivity index (χ2v) is 2.48. The third kappa shape index (κ3) is 1.90. The Morgan fingerprint density at radius 2 is 2.45 bits per heavy atom. The first-order valence-electron chi connectivity index (χ1n) is 2.65. The van der Waals surface area contributed by atoms with E-state index in [0.717, 1.165) is 4.68 Å². The molecule has 60 valence electrons. The molecular weight excluding hydrogens is 216 g/mol. The number of carbonyl (C=O) groups excluding carboxylic acids is 1. The number of rotatable bonds is 2. The number of hydrogen-bond donors (Lipinski definition) is 1. The highest BCUT2D eigenvalue weighted by Gasteiger charge is 2.02. The Hall–Kier alpha value is -1.11. The molecule has 0 amide bonds. The zero-order valence-electron chi connectivity index (χ0n) is 5.32. The second kappa shape index (κ2) is 2.87. The van der Waals surface area contributed by atoms with Crippen molar-refractivity contribution in [2.24, 2.45) is 0 Å². The molecule has 1 heterocycles. The average Bonchev–Trinajstić information content (AvgIpc) is 2.09. The van der Waals surface area contributed by atoms with Crippen LogP contribution in [-0.4, -0.2) is 20.7 Å². The van der Waals surface area contributed by atoms with Crippen LogP contribution in [0.15, 0.2) is 4.73 Å². The molecule has 0 bridgehead atoms. The van der Waals surface area contributed by atoms with Crippen LogP contribution in [0.2, 0.25) is 0 Å². The maximum Gasteiger partial charge on any atom is 0.219 e. The van der Waals surface area contributed by atoms with Gasteiger partial charge in [0.05, 0.1) is 12.5 Å². The summed E-state index contributed by atoms with van der Waals surface area (Å²) >= 11 is 2.94. The minimum absolute atomic E-state index is 0.0427. The average molecular weight is 220 g/mol. The van der Waals surface area contributed by atoms with Gasteiger partial charge in [0.15, 0.2) is 0 Å². The predicted molar refractivity (Wildman–Crippen MR) is 37.1 cm³/mol. The fraction of sp³-hybridized carbons (Fsp3) is 0.250. The van der Waals surface area contributed by atoms with E-state index >= 15 is 0 Å². The van der Waals surface area contributed by atoms with Gasteiger partial charge in [0.25, 0.3) is 0 Å². The normalized spacial score (nSPS) is 9.91. The number of aromatic nitrogens is 3. The van der Waals surface area contributed by atoms with Crippen molar-refractivity contribution in [3.05, 3.63) is 4.73 Å². The molecule has 1 aromatic rings. The molecule has 0 radical (unpaired) electrons. The number of carboxylic acids is 1.